The van der Waals surface area contributed by atoms with Crippen molar-refractivity contribution in [1.82, 2.24) is 10.2 Å². The molecule has 2 atom stereocenters. The molecule has 3 amide bonds. The van der Waals surface area contributed by atoms with Gasteiger partial charge in [0.15, 0.2) is 0 Å². The van der Waals surface area contributed by atoms with E-state index in [4.69, 9.17) is 4.74 Å². The number of nitrogens with zero attached hydrogens (tertiary/aromatic N) is 1. The van der Waals surface area contributed by atoms with Crippen molar-refractivity contribution in [2.45, 2.75) is 91.5 Å². The summed E-state index contributed by atoms with van der Waals surface area (Å²) < 4.78 is 5.55. The molecule has 42 heavy (non-hydrogen) atoms. The Balaban J connectivity index is 2.14. The van der Waals surface area contributed by atoms with E-state index in [2.05, 4.69) is 10.6 Å². The first kappa shape index (κ1) is 32.4. The summed E-state index contributed by atoms with van der Waals surface area (Å²) >= 11 is 0. The van der Waals surface area contributed by atoms with Gasteiger partial charge >= 0.3 is 6.09 Å². The van der Waals surface area contributed by atoms with Crippen molar-refractivity contribution in [1.29, 1.82) is 0 Å². The van der Waals surface area contributed by atoms with Crippen molar-refractivity contribution in [2.75, 3.05) is 5.32 Å². The average Bonchev–Trinajstić information content (AvgIpc) is 2.91. The summed E-state index contributed by atoms with van der Waals surface area (Å²) in [6.07, 6.45) is 0.112. The normalized spacial score (nSPS) is 13.0. The Bertz CT molecular complexity index is 1380. The zero-order valence-corrected chi connectivity index (χ0v) is 26.2. The second-order valence-corrected chi connectivity index (χ2v) is 12.4. The van der Waals surface area contributed by atoms with Crippen LogP contribution in [0, 0.1) is 13.8 Å². The van der Waals surface area contributed by atoms with E-state index in [1.54, 1.807) is 25.7 Å². The maximum Gasteiger partial charge on any atom is 0.408 e. The van der Waals surface area contributed by atoms with Crippen molar-refractivity contribution in [3.05, 3.63) is 101 Å². The van der Waals surface area contributed by atoms with Gasteiger partial charge in [-0.3, -0.25) is 9.59 Å². The van der Waals surface area contributed by atoms with Gasteiger partial charge < -0.3 is 20.3 Å². The smallest absolute Gasteiger partial charge is 0.408 e. The van der Waals surface area contributed by atoms with Crippen LogP contribution in [0.15, 0.2) is 78.9 Å². The number of rotatable bonds is 10. The van der Waals surface area contributed by atoms with E-state index >= 15 is 0 Å². The zero-order chi connectivity index (χ0) is 31.1. The fourth-order valence-electron chi connectivity index (χ4n) is 4.79. The monoisotopic (exact) mass is 571 g/mol. The first-order valence-electron chi connectivity index (χ1n) is 14.5. The van der Waals surface area contributed by atoms with Gasteiger partial charge in [-0.2, -0.15) is 0 Å². The molecule has 0 spiro atoms. The van der Waals surface area contributed by atoms with Gasteiger partial charge in [0.25, 0.3) is 5.91 Å². The van der Waals surface area contributed by atoms with E-state index in [9.17, 15) is 14.4 Å². The summed E-state index contributed by atoms with van der Waals surface area (Å²) in [6.45, 7) is 15.1. The summed E-state index contributed by atoms with van der Waals surface area (Å²) in [4.78, 5) is 43.7. The Labute approximate surface area is 250 Å². The van der Waals surface area contributed by atoms with E-state index in [0.29, 0.717) is 17.7 Å². The van der Waals surface area contributed by atoms with Crippen LogP contribution in [0.2, 0.25) is 0 Å². The summed E-state index contributed by atoms with van der Waals surface area (Å²) in [7, 11) is 0. The van der Waals surface area contributed by atoms with Crippen molar-refractivity contribution < 1.29 is 19.1 Å². The average molecular weight is 572 g/mol. The molecule has 224 valence electrons. The standard InChI is InChI=1S/C35H45N3O4/c1-9-35(7,8)38(32(40)29(23-26-18-11-10-12-19-26)37-33(41)42-34(4,5)6)30(27-20-15-16-24(2)22-27)31(39)36-28-21-14-13-17-25(28)3/h10-22,29-30H,9,23H2,1-8H3,(H,36,39)(H,37,41). The van der Waals surface area contributed by atoms with Crippen LogP contribution >= 0.6 is 0 Å². The molecule has 2 unspecified atom stereocenters. The predicted molar refractivity (Wildman–Crippen MR) is 168 cm³/mol. The highest BCUT2D eigenvalue weighted by Gasteiger charge is 2.43. The first-order valence-corrected chi connectivity index (χ1v) is 14.5. The van der Waals surface area contributed by atoms with E-state index in [-0.39, 0.29) is 18.2 Å². The maximum atomic E-state index is 14.8. The highest BCUT2D eigenvalue weighted by atomic mass is 16.6. The lowest BCUT2D eigenvalue weighted by Gasteiger charge is -2.44. The lowest BCUT2D eigenvalue weighted by Crippen LogP contribution is -2.59. The third-order valence-electron chi connectivity index (χ3n) is 7.29. The van der Waals surface area contributed by atoms with Gasteiger partial charge in [-0.15, -0.1) is 0 Å². The van der Waals surface area contributed by atoms with Crippen LogP contribution in [0.3, 0.4) is 0 Å². The topological polar surface area (TPSA) is 87.7 Å². The third-order valence-corrected chi connectivity index (χ3v) is 7.29. The Hall–Kier alpha value is -4.13. The summed E-state index contributed by atoms with van der Waals surface area (Å²) in [5.74, 6) is -0.705. The van der Waals surface area contributed by atoms with Gasteiger partial charge in [0.05, 0.1) is 0 Å². The molecular weight excluding hydrogens is 526 g/mol. The summed E-state index contributed by atoms with van der Waals surface area (Å²) in [5, 5.41) is 5.91. The number of para-hydroxylation sites is 1. The van der Waals surface area contributed by atoms with Crippen molar-refractivity contribution >= 4 is 23.6 Å². The fourth-order valence-corrected chi connectivity index (χ4v) is 4.79. The molecule has 3 rings (SSSR count). The Morgan fingerprint density at radius 3 is 2.10 bits per heavy atom. The van der Waals surface area contributed by atoms with Gasteiger partial charge in [0, 0.05) is 17.6 Å². The first-order chi connectivity index (χ1) is 19.7. The van der Waals surface area contributed by atoms with Crippen molar-refractivity contribution in [3.8, 4) is 0 Å². The molecule has 7 heteroatoms. The third kappa shape index (κ3) is 8.68. The molecule has 0 radical (unpaired) electrons. The van der Waals surface area contributed by atoms with Crippen molar-refractivity contribution in [3.63, 3.8) is 0 Å². The predicted octanol–water partition coefficient (Wildman–Crippen LogP) is 7.14. The van der Waals surface area contributed by atoms with Gasteiger partial charge in [-0.1, -0.05) is 85.3 Å². The van der Waals surface area contributed by atoms with Gasteiger partial charge in [-0.25, -0.2) is 4.79 Å². The highest BCUT2D eigenvalue weighted by Crippen LogP contribution is 2.34. The lowest BCUT2D eigenvalue weighted by molar-refractivity contribution is -0.147. The van der Waals surface area contributed by atoms with Crippen LogP contribution in [-0.2, 0) is 20.7 Å². The van der Waals surface area contributed by atoms with E-state index in [0.717, 1.165) is 16.7 Å². The molecule has 3 aromatic carbocycles. The number of hydrogen-bond acceptors (Lipinski definition) is 4. The molecule has 0 bridgehead atoms. The molecule has 0 aliphatic rings. The molecule has 2 N–H and O–H groups in total. The molecule has 0 aliphatic carbocycles. The molecule has 0 fully saturated rings. The van der Waals surface area contributed by atoms with Crippen LogP contribution in [0.1, 0.15) is 76.3 Å². The SMILES string of the molecule is CCC(C)(C)N(C(=O)C(Cc1ccccc1)NC(=O)OC(C)(C)C)C(C(=O)Nc1ccccc1C)c1cccc(C)c1. The maximum absolute atomic E-state index is 14.8. The molecular formula is C35H45N3O4. The Morgan fingerprint density at radius 2 is 1.50 bits per heavy atom. The van der Waals surface area contributed by atoms with Gasteiger partial charge in [-0.05, 0) is 77.6 Å². The number of amides is 3. The van der Waals surface area contributed by atoms with Crippen LogP contribution < -0.4 is 10.6 Å². The lowest BCUT2D eigenvalue weighted by atomic mass is 9.90. The van der Waals surface area contributed by atoms with E-state index < -0.39 is 29.3 Å². The molecule has 0 aliphatic heterocycles. The minimum atomic E-state index is -0.980. The quantitative estimate of drug-likeness (QED) is 0.271. The fraction of sp³-hybridized carbons (Fsp3) is 0.400. The molecule has 3 aromatic rings. The van der Waals surface area contributed by atoms with Gasteiger partial charge in [0.2, 0.25) is 5.91 Å². The van der Waals surface area contributed by atoms with Crippen LogP contribution in [0.4, 0.5) is 10.5 Å². The van der Waals surface area contributed by atoms with Gasteiger partial charge in [0.1, 0.15) is 17.7 Å². The minimum absolute atomic E-state index is 0.231. The number of hydrogen-bond donors (Lipinski definition) is 2. The number of anilines is 1. The second kappa shape index (κ2) is 13.7. The summed E-state index contributed by atoms with van der Waals surface area (Å²) in [5.41, 5.74) is 2.62. The molecule has 0 saturated heterocycles. The van der Waals surface area contributed by atoms with Crippen LogP contribution in [0.25, 0.3) is 0 Å². The largest absolute Gasteiger partial charge is 0.444 e. The van der Waals surface area contributed by atoms with Crippen molar-refractivity contribution in [2.24, 2.45) is 0 Å². The number of carbonyl (C=O) groups is 3. The second-order valence-electron chi connectivity index (χ2n) is 12.4. The number of alkyl carbamates (subject to hydrolysis) is 1. The number of nitrogens with one attached hydrogen (secondary N) is 2. The number of aryl methyl sites for hydroxylation is 2. The molecule has 0 saturated carbocycles. The van der Waals surface area contributed by atoms with Crippen LogP contribution in [0.5, 0.6) is 0 Å². The Kier molecular flexibility index (Phi) is 10.6. The number of carbonyl (C=O) groups excluding carboxylic acids is 3. The summed E-state index contributed by atoms with van der Waals surface area (Å²) in [6, 6.07) is 22.8. The molecule has 0 heterocycles. The minimum Gasteiger partial charge on any atom is -0.444 e. The number of benzene rings is 3. The molecule has 7 nitrogen and oxygen atoms in total. The van der Waals surface area contributed by atoms with E-state index in [1.165, 1.54) is 0 Å². The highest BCUT2D eigenvalue weighted by molar-refractivity contribution is 5.99. The van der Waals surface area contributed by atoms with Crippen LogP contribution in [-0.4, -0.2) is 40.0 Å². The molecule has 0 aromatic heterocycles. The number of ether oxygens (including phenoxy) is 1. The zero-order valence-electron chi connectivity index (χ0n) is 26.2. The van der Waals surface area contributed by atoms with E-state index in [1.807, 2.05) is 113 Å². The Morgan fingerprint density at radius 1 is 0.857 bits per heavy atom.